The summed E-state index contributed by atoms with van der Waals surface area (Å²) < 4.78 is 4.27. The van der Waals surface area contributed by atoms with Gasteiger partial charge in [0.1, 0.15) is 0 Å². The maximum Gasteiger partial charge on any atom is 1.00 e. The van der Waals surface area contributed by atoms with E-state index in [9.17, 15) is 20.1 Å². The fourth-order valence-corrected chi connectivity index (χ4v) is 1.65. The van der Waals surface area contributed by atoms with Gasteiger partial charge < -0.3 is 10.9 Å². The Morgan fingerprint density at radius 1 is 1.60 bits per heavy atom. The number of carbonyl (C=O) groups excluding carboxylic acids is 1. The molecule has 0 saturated heterocycles. The number of non-ortho nitro benzene ring substituents is 1. The molecule has 0 bridgehead atoms. The first-order valence-electron chi connectivity index (χ1n) is 4.83. The molecule has 96 valence electrons. The van der Waals surface area contributed by atoms with Gasteiger partial charge in [-0.15, -0.1) is 0 Å². The van der Waals surface area contributed by atoms with Crippen molar-refractivity contribution in [3.05, 3.63) is 33.0 Å². The number of fused-ring (bicyclic) bond motifs is 1. The van der Waals surface area contributed by atoms with E-state index in [1.54, 1.807) is 6.07 Å². The number of nitro benzene ring substituents is 1. The number of nitro groups is 1. The second-order valence-electron chi connectivity index (χ2n) is 3.52. The quantitative estimate of drug-likeness (QED) is 0.264. The van der Waals surface area contributed by atoms with Crippen LogP contribution in [0.25, 0.3) is 11.0 Å². The van der Waals surface area contributed by atoms with Crippen LogP contribution in [0.4, 0.5) is 5.69 Å². The van der Waals surface area contributed by atoms with E-state index in [1.165, 1.54) is 0 Å². The summed E-state index contributed by atoms with van der Waals surface area (Å²) >= 11 is 0. The van der Waals surface area contributed by atoms with Gasteiger partial charge in [0.05, 0.1) is 11.0 Å². The summed E-state index contributed by atoms with van der Waals surface area (Å²) in [6.07, 6.45) is 0. The zero-order valence-corrected chi connectivity index (χ0v) is 12.1. The van der Waals surface area contributed by atoms with E-state index < -0.39 is 28.0 Å². The largest absolute Gasteiger partial charge is 1.00 e. The third kappa shape index (κ3) is 2.42. The van der Waals surface area contributed by atoms with Crippen LogP contribution in [0, 0.1) is 26.7 Å². The topological polar surface area (TPSA) is 163 Å². The molecular weight excluding hydrogens is 281 g/mol. The van der Waals surface area contributed by atoms with Crippen molar-refractivity contribution in [1.29, 1.82) is 5.26 Å². The molecule has 2 N–H and O–H groups in total. The predicted molar refractivity (Wildman–Crippen MR) is 57.2 cm³/mol. The predicted octanol–water partition coefficient (Wildman–Crippen LogP) is -3.53. The second-order valence-corrected chi connectivity index (χ2v) is 3.52. The molecule has 1 unspecified atom stereocenters. The molecule has 11 heteroatoms. The molecule has 2 rings (SSSR count). The monoisotopic (exact) mass is 286 g/mol. The maximum atomic E-state index is 11.3. The number of nitriles is 1. The molecule has 10 nitrogen and oxygen atoms in total. The van der Waals surface area contributed by atoms with Crippen molar-refractivity contribution < 1.29 is 48.8 Å². The summed E-state index contributed by atoms with van der Waals surface area (Å²) in [4.78, 5) is 20.9. The van der Waals surface area contributed by atoms with Gasteiger partial charge >= 0.3 is 40.8 Å². The van der Waals surface area contributed by atoms with Crippen LogP contribution < -0.4 is 40.2 Å². The van der Waals surface area contributed by atoms with Gasteiger partial charge in [-0.1, -0.05) is 0 Å². The van der Waals surface area contributed by atoms with Gasteiger partial charge in [0.2, 0.25) is 5.91 Å². The van der Waals surface area contributed by atoms with E-state index >= 15 is 0 Å². The Kier molecular flexibility index (Phi) is 4.61. The molecular formula is C9H5N5NaO5+. The molecule has 0 aliphatic rings. The van der Waals surface area contributed by atoms with Crippen molar-refractivity contribution in [2.75, 3.05) is 0 Å². The zero-order valence-electron chi connectivity index (χ0n) is 10.1. The molecule has 1 amide bonds. The summed E-state index contributed by atoms with van der Waals surface area (Å²) in [6, 6.07) is 3.75. The number of aromatic nitrogens is 2. The Morgan fingerprint density at radius 2 is 2.25 bits per heavy atom. The van der Waals surface area contributed by atoms with Gasteiger partial charge in [-0.05, 0) is 11.0 Å². The fraction of sp³-hybridized carbons (Fsp3) is 0.111. The summed E-state index contributed by atoms with van der Waals surface area (Å²) in [5.41, 5.74) is 3.76. The minimum absolute atomic E-state index is 0. The Labute approximate surface area is 132 Å². The first kappa shape index (κ1) is 15.8. The standard InChI is InChI=1S/C9H5N5O5.Na/c10-3-5(9(11)15)4-1-2-6(13(16)17)8-7(4)12-19-14(8)18;/h1-2,5H,(H2,11,15);/q;+1. The SMILES string of the molecule is N#CC(C(N)=O)c1ccc([N+](=O)[O-])c2c1no[n+]2[O-].[Na+]. The van der Waals surface area contributed by atoms with Crippen LogP contribution in [-0.2, 0) is 4.79 Å². The van der Waals surface area contributed by atoms with Crippen LogP contribution in [0.15, 0.2) is 16.8 Å². The number of hydrogen-bond donors (Lipinski definition) is 1. The van der Waals surface area contributed by atoms with E-state index in [-0.39, 0.29) is 45.5 Å². The number of hydrogen-bond acceptors (Lipinski definition) is 7. The van der Waals surface area contributed by atoms with Gasteiger partial charge in [-0.2, -0.15) is 5.26 Å². The third-order valence-electron chi connectivity index (χ3n) is 2.47. The molecule has 0 radical (unpaired) electrons. The van der Waals surface area contributed by atoms with E-state index in [2.05, 4.69) is 9.79 Å². The van der Waals surface area contributed by atoms with Gasteiger partial charge in [0, 0.05) is 16.8 Å². The van der Waals surface area contributed by atoms with Crippen molar-refractivity contribution >= 4 is 22.6 Å². The Balaban J connectivity index is 0.00000200. The molecule has 1 atom stereocenters. The van der Waals surface area contributed by atoms with Crippen molar-refractivity contribution in [3.8, 4) is 6.07 Å². The third-order valence-corrected chi connectivity index (χ3v) is 2.47. The summed E-state index contributed by atoms with van der Waals surface area (Å²) in [5, 5.41) is 34.3. The number of nitrogens with zero attached hydrogens (tertiary/aromatic N) is 4. The minimum atomic E-state index is -1.38. The average Bonchev–Trinajstić information content (AvgIpc) is 2.72. The number of rotatable bonds is 3. The van der Waals surface area contributed by atoms with Crippen molar-refractivity contribution in [2.45, 2.75) is 5.92 Å². The van der Waals surface area contributed by atoms with Crippen LogP contribution in [-0.4, -0.2) is 16.0 Å². The van der Waals surface area contributed by atoms with Crippen LogP contribution >= 0.6 is 0 Å². The van der Waals surface area contributed by atoms with Crippen molar-refractivity contribution in [1.82, 2.24) is 5.16 Å². The first-order valence-corrected chi connectivity index (χ1v) is 4.83. The second kappa shape index (κ2) is 5.83. The Hall–Kier alpha value is -2.22. The van der Waals surface area contributed by atoms with Crippen LogP contribution in [0.2, 0.25) is 0 Å². The maximum absolute atomic E-state index is 11.3. The van der Waals surface area contributed by atoms with Crippen LogP contribution in [0.3, 0.4) is 0 Å². The summed E-state index contributed by atoms with van der Waals surface area (Å²) in [5.74, 6) is -2.34. The Morgan fingerprint density at radius 3 is 2.75 bits per heavy atom. The minimum Gasteiger partial charge on any atom is -0.368 e. The van der Waals surface area contributed by atoms with E-state index in [0.717, 1.165) is 12.1 Å². The smallest absolute Gasteiger partial charge is 0.368 e. The molecule has 1 aromatic carbocycles. The molecule has 0 fully saturated rings. The normalized spacial score (nSPS) is 11.3. The number of benzene rings is 1. The average molecular weight is 286 g/mol. The number of amides is 1. The number of carbonyl (C=O) groups is 1. The van der Waals surface area contributed by atoms with Crippen molar-refractivity contribution in [2.24, 2.45) is 5.73 Å². The van der Waals surface area contributed by atoms with Gasteiger partial charge in [-0.3, -0.25) is 19.5 Å². The zero-order chi connectivity index (χ0) is 14.2. The molecule has 0 aliphatic heterocycles. The molecule has 1 heterocycles. The molecule has 20 heavy (non-hydrogen) atoms. The Bertz CT molecular complexity index is 736. The molecule has 0 spiro atoms. The van der Waals surface area contributed by atoms with Crippen molar-refractivity contribution in [3.63, 3.8) is 0 Å². The number of nitrogens with two attached hydrogens (primary N) is 1. The van der Waals surface area contributed by atoms with Gasteiger partial charge in [-0.25, -0.2) is 0 Å². The van der Waals surface area contributed by atoms with E-state index in [4.69, 9.17) is 11.0 Å². The molecule has 1 aromatic heterocycles. The van der Waals surface area contributed by atoms with Crippen LogP contribution in [0.1, 0.15) is 11.5 Å². The summed E-state index contributed by atoms with van der Waals surface area (Å²) in [7, 11) is 0. The summed E-state index contributed by atoms with van der Waals surface area (Å²) in [6.45, 7) is 0. The first-order chi connectivity index (χ1) is 8.97. The molecule has 2 aromatic rings. The van der Waals surface area contributed by atoms with Gasteiger partial charge in [0.15, 0.2) is 5.92 Å². The number of primary amides is 1. The molecule has 0 aliphatic carbocycles. The van der Waals surface area contributed by atoms with Gasteiger partial charge in [0.25, 0.3) is 5.52 Å². The molecule has 0 saturated carbocycles. The van der Waals surface area contributed by atoms with E-state index in [0.29, 0.717) is 0 Å². The van der Waals surface area contributed by atoms with E-state index in [1.807, 2.05) is 0 Å². The van der Waals surface area contributed by atoms with Crippen LogP contribution in [0.5, 0.6) is 0 Å². The fourth-order valence-electron chi connectivity index (χ4n) is 1.65.